The summed E-state index contributed by atoms with van der Waals surface area (Å²) in [5, 5.41) is 6.16. The minimum Gasteiger partial charge on any atom is -0.355 e. The Labute approximate surface area is 143 Å². The van der Waals surface area contributed by atoms with Crippen LogP contribution in [0, 0.1) is 5.41 Å². The molecule has 124 valence electrons. The van der Waals surface area contributed by atoms with Gasteiger partial charge >= 0.3 is 0 Å². The maximum absolute atomic E-state index is 12.2. The number of nitrogens with two attached hydrogens (primary N) is 1. The molecule has 2 rings (SSSR count). The average molecular weight is 334 g/mol. The molecule has 0 radical (unpaired) electrons. The molecule has 1 atom stereocenters. The molecule has 2 aromatic rings. The third-order valence-electron chi connectivity index (χ3n) is 3.41. The van der Waals surface area contributed by atoms with E-state index >= 15 is 0 Å². The topological polar surface area (TPSA) is 67.2 Å². The van der Waals surface area contributed by atoms with E-state index in [9.17, 15) is 4.79 Å². The predicted octanol–water partition coefficient (Wildman–Crippen LogP) is 4.16. The number of halogens is 1. The second-order valence-corrected chi connectivity index (χ2v) is 6.40. The first kappa shape index (κ1) is 19.0. The van der Waals surface area contributed by atoms with Crippen LogP contribution in [-0.4, -0.2) is 11.9 Å². The Balaban J connectivity index is 0.00000264. The molecule has 0 fully saturated rings. The van der Waals surface area contributed by atoms with Crippen molar-refractivity contribution in [2.45, 2.75) is 26.8 Å². The Morgan fingerprint density at radius 1 is 0.957 bits per heavy atom. The fourth-order valence-electron chi connectivity index (χ4n) is 1.98. The van der Waals surface area contributed by atoms with Gasteiger partial charge in [0.25, 0.3) is 0 Å². The molecule has 2 aromatic carbocycles. The number of rotatable bonds is 4. The summed E-state index contributed by atoms with van der Waals surface area (Å²) in [4.78, 5) is 12.2. The molecular weight excluding hydrogens is 310 g/mol. The highest BCUT2D eigenvalue weighted by Gasteiger charge is 2.27. The molecule has 0 bridgehead atoms. The van der Waals surface area contributed by atoms with Crippen molar-refractivity contribution < 1.29 is 4.79 Å². The van der Waals surface area contributed by atoms with Crippen LogP contribution in [0.1, 0.15) is 20.8 Å². The molecule has 0 aliphatic carbocycles. The monoisotopic (exact) mass is 333 g/mol. The standard InChI is InChI=1S/C18H23N3O.ClH/c1-18(2,3)16(19)17(22)21-15-11-7-10-14(12-15)20-13-8-5-4-6-9-13;/h4-12,16,20H,19H2,1-3H3,(H,21,22);1H/t16-;/m1./s1. The lowest BCUT2D eigenvalue weighted by Gasteiger charge is -2.25. The van der Waals surface area contributed by atoms with Gasteiger partial charge in [-0.1, -0.05) is 45.0 Å². The van der Waals surface area contributed by atoms with Crippen molar-refractivity contribution in [1.82, 2.24) is 0 Å². The fraction of sp³-hybridized carbons (Fsp3) is 0.278. The predicted molar refractivity (Wildman–Crippen MR) is 99.5 cm³/mol. The number of hydrogen-bond donors (Lipinski definition) is 3. The minimum absolute atomic E-state index is 0. The van der Waals surface area contributed by atoms with Gasteiger partial charge in [-0.3, -0.25) is 4.79 Å². The van der Waals surface area contributed by atoms with E-state index in [4.69, 9.17) is 5.73 Å². The van der Waals surface area contributed by atoms with Crippen LogP contribution in [0.3, 0.4) is 0 Å². The van der Waals surface area contributed by atoms with Crippen molar-refractivity contribution >= 4 is 35.4 Å². The first-order valence-electron chi connectivity index (χ1n) is 7.35. The summed E-state index contributed by atoms with van der Waals surface area (Å²) < 4.78 is 0. The zero-order valence-corrected chi connectivity index (χ0v) is 14.5. The SMILES string of the molecule is CC(C)(C)[C@H](N)C(=O)Nc1cccc(Nc2ccccc2)c1.Cl. The summed E-state index contributed by atoms with van der Waals surface area (Å²) in [6.07, 6.45) is 0. The number of hydrogen-bond acceptors (Lipinski definition) is 3. The van der Waals surface area contributed by atoms with Gasteiger partial charge in [-0.15, -0.1) is 12.4 Å². The van der Waals surface area contributed by atoms with Crippen molar-refractivity contribution in [3.8, 4) is 0 Å². The van der Waals surface area contributed by atoms with E-state index in [0.717, 1.165) is 17.1 Å². The molecule has 4 N–H and O–H groups in total. The first-order valence-corrected chi connectivity index (χ1v) is 7.35. The molecule has 0 spiro atoms. The molecule has 0 aliphatic rings. The second-order valence-electron chi connectivity index (χ2n) is 6.40. The molecule has 0 heterocycles. The van der Waals surface area contributed by atoms with Gasteiger partial charge in [-0.25, -0.2) is 0 Å². The van der Waals surface area contributed by atoms with E-state index in [1.807, 2.05) is 75.4 Å². The van der Waals surface area contributed by atoms with E-state index in [0.29, 0.717) is 0 Å². The van der Waals surface area contributed by atoms with Gasteiger partial charge in [0.1, 0.15) is 0 Å². The van der Waals surface area contributed by atoms with Gasteiger partial charge in [0.2, 0.25) is 5.91 Å². The number of nitrogens with one attached hydrogen (secondary N) is 2. The van der Waals surface area contributed by atoms with E-state index in [1.165, 1.54) is 0 Å². The smallest absolute Gasteiger partial charge is 0.241 e. The van der Waals surface area contributed by atoms with Crippen LogP contribution in [0.5, 0.6) is 0 Å². The summed E-state index contributed by atoms with van der Waals surface area (Å²) >= 11 is 0. The molecule has 0 aliphatic heterocycles. The summed E-state index contributed by atoms with van der Waals surface area (Å²) in [5.74, 6) is -0.177. The molecule has 0 saturated heterocycles. The second kappa shape index (κ2) is 7.99. The van der Waals surface area contributed by atoms with Crippen LogP contribution >= 0.6 is 12.4 Å². The van der Waals surface area contributed by atoms with Crippen molar-refractivity contribution in [1.29, 1.82) is 0 Å². The molecular formula is C18H24ClN3O. The van der Waals surface area contributed by atoms with Crippen LogP contribution in [0.25, 0.3) is 0 Å². The Morgan fingerprint density at radius 3 is 2.13 bits per heavy atom. The zero-order valence-electron chi connectivity index (χ0n) is 13.7. The van der Waals surface area contributed by atoms with E-state index in [2.05, 4.69) is 10.6 Å². The summed E-state index contributed by atoms with van der Waals surface area (Å²) in [6.45, 7) is 5.85. The van der Waals surface area contributed by atoms with E-state index in [-0.39, 0.29) is 23.7 Å². The molecule has 23 heavy (non-hydrogen) atoms. The number of carbonyl (C=O) groups excluding carboxylic acids is 1. The molecule has 0 aromatic heterocycles. The highest BCUT2D eigenvalue weighted by atomic mass is 35.5. The normalized spacial score (nSPS) is 12.0. The van der Waals surface area contributed by atoms with E-state index in [1.54, 1.807) is 0 Å². The average Bonchev–Trinajstić information content (AvgIpc) is 2.47. The van der Waals surface area contributed by atoms with Crippen LogP contribution in [0.15, 0.2) is 54.6 Å². The fourth-order valence-corrected chi connectivity index (χ4v) is 1.98. The first-order chi connectivity index (χ1) is 10.4. The summed E-state index contributed by atoms with van der Waals surface area (Å²) in [7, 11) is 0. The maximum atomic E-state index is 12.2. The highest BCUT2D eigenvalue weighted by Crippen LogP contribution is 2.22. The van der Waals surface area contributed by atoms with Gasteiger partial charge in [0.15, 0.2) is 0 Å². The van der Waals surface area contributed by atoms with Gasteiger partial charge in [-0.2, -0.15) is 0 Å². The highest BCUT2D eigenvalue weighted by molar-refractivity contribution is 5.95. The number of para-hydroxylation sites is 1. The number of anilines is 3. The number of amides is 1. The van der Waals surface area contributed by atoms with Gasteiger partial charge in [-0.05, 0) is 35.7 Å². The van der Waals surface area contributed by atoms with E-state index < -0.39 is 6.04 Å². The molecule has 0 saturated carbocycles. The van der Waals surface area contributed by atoms with Crippen LogP contribution < -0.4 is 16.4 Å². The Kier molecular flexibility index (Phi) is 6.61. The molecule has 4 nitrogen and oxygen atoms in total. The minimum atomic E-state index is -0.557. The van der Waals surface area contributed by atoms with Crippen molar-refractivity contribution in [2.75, 3.05) is 10.6 Å². The Hall–Kier alpha value is -2.04. The maximum Gasteiger partial charge on any atom is 0.241 e. The number of benzene rings is 2. The molecule has 5 heteroatoms. The summed E-state index contributed by atoms with van der Waals surface area (Å²) in [5.41, 5.74) is 8.34. The van der Waals surface area contributed by atoms with Crippen LogP contribution in [0.4, 0.5) is 17.1 Å². The summed E-state index contributed by atoms with van der Waals surface area (Å²) in [6, 6.07) is 16.9. The molecule has 0 unspecified atom stereocenters. The Bertz CT molecular complexity index is 638. The van der Waals surface area contributed by atoms with Gasteiger partial charge in [0.05, 0.1) is 6.04 Å². The van der Waals surface area contributed by atoms with Gasteiger partial charge < -0.3 is 16.4 Å². The Morgan fingerprint density at radius 2 is 1.52 bits per heavy atom. The molecule has 1 amide bonds. The zero-order chi connectivity index (χ0) is 16.2. The van der Waals surface area contributed by atoms with Crippen molar-refractivity contribution in [3.05, 3.63) is 54.6 Å². The van der Waals surface area contributed by atoms with Crippen LogP contribution in [-0.2, 0) is 4.79 Å². The third kappa shape index (κ3) is 5.58. The number of carbonyl (C=O) groups is 1. The lowest BCUT2D eigenvalue weighted by Crippen LogP contribution is -2.45. The van der Waals surface area contributed by atoms with Crippen molar-refractivity contribution in [2.24, 2.45) is 11.1 Å². The third-order valence-corrected chi connectivity index (χ3v) is 3.41. The lowest BCUT2D eigenvalue weighted by atomic mass is 9.87. The van der Waals surface area contributed by atoms with Gasteiger partial charge in [0, 0.05) is 17.1 Å². The van der Waals surface area contributed by atoms with Crippen LogP contribution in [0.2, 0.25) is 0 Å². The lowest BCUT2D eigenvalue weighted by molar-refractivity contribution is -0.119. The van der Waals surface area contributed by atoms with Crippen molar-refractivity contribution in [3.63, 3.8) is 0 Å². The largest absolute Gasteiger partial charge is 0.355 e. The quantitative estimate of drug-likeness (QED) is 0.786.